The Kier molecular flexibility index (Phi) is 9.88. The molecule has 8 nitrogen and oxygen atoms in total. The second-order valence-electron chi connectivity index (χ2n) is 7.96. The number of rotatable bonds is 11. The number of hydrogen-bond acceptors (Lipinski definition) is 6. The summed E-state index contributed by atoms with van der Waals surface area (Å²) in [5.74, 6) is 0.634. The molecule has 2 amide bonds. The molecule has 36 heavy (non-hydrogen) atoms. The van der Waals surface area contributed by atoms with Crippen LogP contribution in [0.3, 0.4) is 0 Å². The Morgan fingerprint density at radius 2 is 1.56 bits per heavy atom. The van der Waals surface area contributed by atoms with Crippen molar-refractivity contribution in [2.75, 3.05) is 18.5 Å². The molecule has 0 atom stereocenters. The standard InChI is InChI=1S/C28H30N2O6/c1-3-34-28(33)36-24-16-12-21(13-17-24)27(32)30-25-8-5-4-7-22(25)19-29-26(31)9-6-18-35-23-14-10-20(2)11-15-23/h4-5,7-8,10-17H,3,6,9,18-19H2,1-2H3,(H,29,31)(H,30,32). The summed E-state index contributed by atoms with van der Waals surface area (Å²) in [5, 5.41) is 5.75. The number of carbonyl (C=O) groups excluding carboxylic acids is 3. The monoisotopic (exact) mass is 490 g/mol. The van der Waals surface area contributed by atoms with Gasteiger partial charge in [0, 0.05) is 24.2 Å². The van der Waals surface area contributed by atoms with Gasteiger partial charge in [0.15, 0.2) is 0 Å². The van der Waals surface area contributed by atoms with Gasteiger partial charge in [-0.05, 0) is 68.3 Å². The molecule has 3 aromatic rings. The zero-order valence-electron chi connectivity index (χ0n) is 20.4. The number of ether oxygens (including phenoxy) is 3. The van der Waals surface area contributed by atoms with Crippen molar-refractivity contribution >= 4 is 23.7 Å². The summed E-state index contributed by atoms with van der Waals surface area (Å²) in [6.07, 6.45) is 0.124. The van der Waals surface area contributed by atoms with E-state index in [1.807, 2.05) is 43.3 Å². The smallest absolute Gasteiger partial charge is 0.494 e. The fraction of sp³-hybridized carbons (Fsp3) is 0.250. The van der Waals surface area contributed by atoms with E-state index in [0.29, 0.717) is 30.7 Å². The third-order valence-corrected chi connectivity index (χ3v) is 5.16. The van der Waals surface area contributed by atoms with E-state index in [0.717, 1.165) is 16.9 Å². The molecule has 0 aliphatic carbocycles. The largest absolute Gasteiger partial charge is 0.513 e. The van der Waals surface area contributed by atoms with Crippen LogP contribution in [-0.2, 0) is 16.1 Å². The number of amides is 2. The predicted octanol–water partition coefficient (Wildman–Crippen LogP) is 5.26. The SMILES string of the molecule is CCOC(=O)Oc1ccc(C(=O)Nc2ccccc2CNC(=O)CCCOc2ccc(C)cc2)cc1. The minimum absolute atomic E-state index is 0.0965. The van der Waals surface area contributed by atoms with E-state index < -0.39 is 6.16 Å². The normalized spacial score (nSPS) is 10.3. The maximum atomic E-state index is 12.7. The van der Waals surface area contributed by atoms with E-state index in [2.05, 4.69) is 10.6 Å². The lowest BCUT2D eigenvalue weighted by Gasteiger charge is -2.12. The van der Waals surface area contributed by atoms with Crippen molar-refractivity contribution in [1.29, 1.82) is 0 Å². The highest BCUT2D eigenvalue weighted by atomic mass is 16.7. The van der Waals surface area contributed by atoms with E-state index in [4.69, 9.17) is 14.2 Å². The maximum Gasteiger partial charge on any atom is 0.513 e. The fourth-order valence-electron chi connectivity index (χ4n) is 3.25. The highest BCUT2D eigenvalue weighted by Crippen LogP contribution is 2.18. The molecule has 0 fully saturated rings. The van der Waals surface area contributed by atoms with Crippen LogP contribution in [0.15, 0.2) is 72.8 Å². The minimum atomic E-state index is -0.801. The Labute approximate surface area is 210 Å². The van der Waals surface area contributed by atoms with Crippen molar-refractivity contribution in [3.63, 3.8) is 0 Å². The molecular formula is C28H30N2O6. The molecule has 0 aliphatic rings. The number of carbonyl (C=O) groups is 3. The lowest BCUT2D eigenvalue weighted by Crippen LogP contribution is -2.24. The molecule has 0 spiro atoms. The number of nitrogens with one attached hydrogen (secondary N) is 2. The maximum absolute atomic E-state index is 12.7. The quantitative estimate of drug-likeness (QED) is 0.216. The molecule has 0 saturated carbocycles. The summed E-state index contributed by atoms with van der Waals surface area (Å²) in [4.78, 5) is 36.4. The van der Waals surface area contributed by atoms with Crippen molar-refractivity contribution in [2.24, 2.45) is 0 Å². The first-order chi connectivity index (χ1) is 17.4. The van der Waals surface area contributed by atoms with Crippen molar-refractivity contribution in [2.45, 2.75) is 33.2 Å². The summed E-state index contributed by atoms with van der Waals surface area (Å²) >= 11 is 0. The topological polar surface area (TPSA) is 103 Å². The molecule has 0 saturated heterocycles. The Morgan fingerprint density at radius 3 is 2.28 bits per heavy atom. The molecule has 3 aromatic carbocycles. The first-order valence-electron chi connectivity index (χ1n) is 11.7. The Hall–Kier alpha value is -4.33. The van der Waals surface area contributed by atoms with Gasteiger partial charge in [-0.3, -0.25) is 9.59 Å². The molecule has 3 rings (SSSR count). The number of para-hydroxylation sites is 1. The van der Waals surface area contributed by atoms with Gasteiger partial charge in [0.1, 0.15) is 11.5 Å². The van der Waals surface area contributed by atoms with Crippen LogP contribution in [0.2, 0.25) is 0 Å². The molecule has 0 heterocycles. The number of benzene rings is 3. The van der Waals surface area contributed by atoms with E-state index in [1.54, 1.807) is 31.2 Å². The molecule has 188 valence electrons. The Bertz CT molecular complexity index is 1160. The number of anilines is 1. The molecule has 0 aliphatic heterocycles. The van der Waals surface area contributed by atoms with E-state index in [9.17, 15) is 14.4 Å². The third-order valence-electron chi connectivity index (χ3n) is 5.16. The average Bonchev–Trinajstić information content (AvgIpc) is 2.87. The van der Waals surface area contributed by atoms with Gasteiger partial charge in [0.05, 0.1) is 13.2 Å². The van der Waals surface area contributed by atoms with Crippen LogP contribution in [-0.4, -0.2) is 31.2 Å². The average molecular weight is 491 g/mol. The lowest BCUT2D eigenvalue weighted by molar-refractivity contribution is -0.121. The van der Waals surface area contributed by atoms with Crippen LogP contribution in [0.5, 0.6) is 11.5 Å². The molecule has 2 N–H and O–H groups in total. The van der Waals surface area contributed by atoms with Crippen molar-refractivity contribution in [3.05, 3.63) is 89.5 Å². The van der Waals surface area contributed by atoms with Gasteiger partial charge >= 0.3 is 6.16 Å². The van der Waals surface area contributed by atoms with E-state index in [1.165, 1.54) is 12.1 Å². The van der Waals surface area contributed by atoms with Gasteiger partial charge in [0.25, 0.3) is 5.91 Å². The van der Waals surface area contributed by atoms with Crippen LogP contribution in [0.4, 0.5) is 10.5 Å². The summed E-state index contributed by atoms with van der Waals surface area (Å²) < 4.78 is 15.4. The van der Waals surface area contributed by atoms with Gasteiger partial charge in [-0.15, -0.1) is 0 Å². The van der Waals surface area contributed by atoms with Gasteiger partial charge < -0.3 is 24.8 Å². The van der Waals surface area contributed by atoms with Crippen molar-refractivity contribution in [1.82, 2.24) is 5.32 Å². The van der Waals surface area contributed by atoms with Crippen LogP contribution in [0, 0.1) is 6.92 Å². The Balaban J connectivity index is 1.46. The summed E-state index contributed by atoms with van der Waals surface area (Å²) in [6.45, 7) is 4.63. The first-order valence-corrected chi connectivity index (χ1v) is 11.7. The van der Waals surface area contributed by atoms with E-state index in [-0.39, 0.29) is 30.7 Å². The highest BCUT2D eigenvalue weighted by Gasteiger charge is 2.11. The molecule has 0 bridgehead atoms. The minimum Gasteiger partial charge on any atom is -0.494 e. The lowest BCUT2D eigenvalue weighted by atomic mass is 10.1. The summed E-state index contributed by atoms with van der Waals surface area (Å²) in [6, 6.07) is 21.2. The zero-order chi connectivity index (χ0) is 25.8. The fourth-order valence-corrected chi connectivity index (χ4v) is 3.25. The van der Waals surface area contributed by atoms with Gasteiger partial charge in [-0.2, -0.15) is 0 Å². The summed E-state index contributed by atoms with van der Waals surface area (Å²) in [7, 11) is 0. The van der Waals surface area contributed by atoms with Crippen molar-refractivity contribution < 1.29 is 28.6 Å². The number of hydrogen-bond donors (Lipinski definition) is 2. The van der Waals surface area contributed by atoms with E-state index >= 15 is 0 Å². The first kappa shape index (κ1) is 26.3. The highest BCUT2D eigenvalue weighted by molar-refractivity contribution is 6.04. The Morgan fingerprint density at radius 1 is 0.861 bits per heavy atom. The molecule has 0 unspecified atom stereocenters. The number of aryl methyl sites for hydroxylation is 1. The van der Waals surface area contributed by atoms with Crippen LogP contribution in [0.1, 0.15) is 41.3 Å². The van der Waals surface area contributed by atoms with Crippen LogP contribution >= 0.6 is 0 Å². The van der Waals surface area contributed by atoms with Gasteiger partial charge in [0.2, 0.25) is 5.91 Å². The van der Waals surface area contributed by atoms with Crippen LogP contribution < -0.4 is 20.1 Å². The molecule has 0 radical (unpaired) electrons. The molecule has 8 heteroatoms. The predicted molar refractivity (Wildman–Crippen MR) is 136 cm³/mol. The second-order valence-corrected chi connectivity index (χ2v) is 7.96. The van der Waals surface area contributed by atoms with Crippen molar-refractivity contribution in [3.8, 4) is 11.5 Å². The van der Waals surface area contributed by atoms with Crippen LogP contribution in [0.25, 0.3) is 0 Å². The second kappa shape index (κ2) is 13.5. The van der Waals surface area contributed by atoms with Gasteiger partial charge in [-0.25, -0.2) is 4.79 Å². The third kappa shape index (κ3) is 8.47. The summed E-state index contributed by atoms with van der Waals surface area (Å²) in [5.41, 5.74) is 2.92. The molecular weight excluding hydrogens is 460 g/mol. The zero-order valence-corrected chi connectivity index (χ0v) is 20.4. The molecule has 0 aromatic heterocycles. The van der Waals surface area contributed by atoms with Gasteiger partial charge in [-0.1, -0.05) is 35.9 Å².